The molecule has 0 unspecified atom stereocenters. The van der Waals surface area contributed by atoms with Gasteiger partial charge in [-0.25, -0.2) is 18.4 Å². The van der Waals surface area contributed by atoms with Crippen LogP contribution in [0.3, 0.4) is 0 Å². The van der Waals surface area contributed by atoms with Gasteiger partial charge in [0.05, 0.1) is 18.4 Å². The Morgan fingerprint density at radius 2 is 1.97 bits per heavy atom. The third-order valence-corrected chi connectivity index (χ3v) is 5.06. The van der Waals surface area contributed by atoms with Gasteiger partial charge in [0, 0.05) is 11.3 Å². The van der Waals surface area contributed by atoms with Gasteiger partial charge >= 0.3 is 0 Å². The number of para-hydroxylation sites is 1. The van der Waals surface area contributed by atoms with E-state index in [9.17, 15) is 8.78 Å². The first-order chi connectivity index (χ1) is 14.1. The van der Waals surface area contributed by atoms with Crippen molar-refractivity contribution in [2.75, 3.05) is 13.0 Å². The van der Waals surface area contributed by atoms with Crippen LogP contribution in [0.2, 0.25) is 0 Å². The van der Waals surface area contributed by atoms with Gasteiger partial charge in [-0.05, 0) is 30.3 Å². The lowest BCUT2D eigenvalue weighted by Gasteiger charge is -2.07. The van der Waals surface area contributed by atoms with E-state index in [-0.39, 0.29) is 5.89 Å². The quantitative estimate of drug-likeness (QED) is 0.377. The van der Waals surface area contributed by atoms with Crippen LogP contribution in [0.5, 0.6) is 5.75 Å². The van der Waals surface area contributed by atoms with Gasteiger partial charge in [0.25, 0.3) is 0 Å². The van der Waals surface area contributed by atoms with Gasteiger partial charge in [-0.1, -0.05) is 23.9 Å². The maximum absolute atomic E-state index is 13.4. The van der Waals surface area contributed by atoms with Gasteiger partial charge in [0.15, 0.2) is 17.5 Å². The summed E-state index contributed by atoms with van der Waals surface area (Å²) in [4.78, 5) is 4.29. The summed E-state index contributed by atoms with van der Waals surface area (Å²) < 4.78 is 38.5. The Balaban J connectivity index is 1.50. The zero-order chi connectivity index (χ0) is 20.4. The molecule has 0 saturated heterocycles. The number of nitrogens with zero attached hydrogens (tertiary/aromatic N) is 4. The van der Waals surface area contributed by atoms with E-state index in [1.165, 1.54) is 28.8 Å². The molecule has 0 fully saturated rings. The molecule has 148 valence electrons. The van der Waals surface area contributed by atoms with E-state index in [0.717, 1.165) is 17.7 Å². The van der Waals surface area contributed by atoms with Crippen molar-refractivity contribution in [2.24, 2.45) is 0 Å². The Labute approximate surface area is 168 Å². The molecule has 2 aromatic heterocycles. The minimum Gasteiger partial charge on any atom is -0.496 e. The van der Waals surface area contributed by atoms with E-state index in [2.05, 4.69) is 15.2 Å². The van der Waals surface area contributed by atoms with Gasteiger partial charge in [-0.15, -0.1) is 10.2 Å². The van der Waals surface area contributed by atoms with Crippen LogP contribution in [-0.4, -0.2) is 27.0 Å². The number of halogens is 2. The van der Waals surface area contributed by atoms with Crippen LogP contribution in [0.1, 0.15) is 5.69 Å². The number of nitrogens with two attached hydrogens (primary N) is 1. The summed E-state index contributed by atoms with van der Waals surface area (Å²) in [5, 5.41) is 8.73. The average Bonchev–Trinajstić information content (AvgIpc) is 3.35. The minimum atomic E-state index is -0.961. The number of methoxy groups -OCH3 is 1. The summed E-state index contributed by atoms with van der Waals surface area (Å²) in [6.07, 6.45) is 1.45. The number of thioether (sulfide) groups is 1. The van der Waals surface area contributed by atoms with E-state index in [1.807, 2.05) is 24.3 Å². The van der Waals surface area contributed by atoms with Crippen LogP contribution in [0, 0.1) is 11.6 Å². The predicted molar refractivity (Wildman–Crippen MR) is 104 cm³/mol. The van der Waals surface area contributed by atoms with Crippen molar-refractivity contribution >= 4 is 11.8 Å². The third kappa shape index (κ3) is 3.79. The molecule has 0 aliphatic carbocycles. The molecule has 0 bridgehead atoms. The maximum Gasteiger partial charge on any atom is 0.226 e. The molecule has 4 aromatic rings. The number of rotatable bonds is 6. The Bertz CT molecular complexity index is 1160. The number of benzene rings is 2. The number of hydrogen-bond donors (Lipinski definition) is 1. The number of ether oxygens (including phenoxy) is 1. The Morgan fingerprint density at radius 3 is 2.76 bits per heavy atom. The van der Waals surface area contributed by atoms with Crippen molar-refractivity contribution in [3.63, 3.8) is 0 Å². The molecule has 0 radical (unpaired) electrons. The Morgan fingerprint density at radius 1 is 1.14 bits per heavy atom. The lowest BCUT2D eigenvalue weighted by atomic mass is 10.2. The van der Waals surface area contributed by atoms with E-state index in [0.29, 0.717) is 33.7 Å². The minimum absolute atomic E-state index is 0.198. The van der Waals surface area contributed by atoms with Crippen LogP contribution in [0.15, 0.2) is 58.3 Å². The maximum atomic E-state index is 13.4. The molecule has 2 aromatic carbocycles. The van der Waals surface area contributed by atoms with Crippen molar-refractivity contribution in [3.8, 4) is 28.6 Å². The molecule has 2 heterocycles. The third-order valence-electron chi connectivity index (χ3n) is 4.08. The van der Waals surface area contributed by atoms with Gasteiger partial charge < -0.3 is 15.0 Å². The molecule has 0 saturated carbocycles. The average molecular weight is 415 g/mol. The van der Waals surface area contributed by atoms with Crippen molar-refractivity contribution in [1.29, 1.82) is 0 Å². The van der Waals surface area contributed by atoms with Crippen molar-refractivity contribution in [1.82, 2.24) is 19.9 Å². The van der Waals surface area contributed by atoms with E-state index in [1.54, 1.807) is 7.11 Å². The summed E-state index contributed by atoms with van der Waals surface area (Å²) in [5.41, 5.74) is 1.66. The Kier molecular flexibility index (Phi) is 5.17. The van der Waals surface area contributed by atoms with Gasteiger partial charge in [0.2, 0.25) is 11.0 Å². The summed E-state index contributed by atoms with van der Waals surface area (Å²) in [6.45, 7) is 0. The molecular formula is C19H15F2N5O2S. The molecule has 7 nitrogen and oxygen atoms in total. The van der Waals surface area contributed by atoms with Crippen molar-refractivity contribution in [2.45, 2.75) is 10.9 Å². The van der Waals surface area contributed by atoms with Crippen LogP contribution < -0.4 is 10.6 Å². The predicted octanol–water partition coefficient (Wildman–Crippen LogP) is 3.89. The molecule has 0 aliphatic heterocycles. The van der Waals surface area contributed by atoms with Crippen LogP contribution in [0.25, 0.3) is 22.8 Å². The second-order valence-electron chi connectivity index (χ2n) is 5.94. The SMILES string of the molecule is COc1ccccc1-c1nnc(SCc2coc(-c3ccc(F)c(F)c3)n2)n1N. The number of oxazole rings is 1. The zero-order valence-corrected chi connectivity index (χ0v) is 16.0. The molecule has 0 atom stereocenters. The summed E-state index contributed by atoms with van der Waals surface area (Å²) >= 11 is 1.31. The first kappa shape index (κ1) is 18.9. The zero-order valence-electron chi connectivity index (χ0n) is 15.2. The highest BCUT2D eigenvalue weighted by Gasteiger charge is 2.17. The fourth-order valence-electron chi connectivity index (χ4n) is 2.66. The molecule has 2 N–H and O–H groups in total. The summed E-state index contributed by atoms with van der Waals surface area (Å²) in [7, 11) is 1.57. The van der Waals surface area contributed by atoms with E-state index < -0.39 is 11.6 Å². The van der Waals surface area contributed by atoms with Gasteiger partial charge in [0.1, 0.15) is 12.0 Å². The fraction of sp³-hybridized carbons (Fsp3) is 0.105. The van der Waals surface area contributed by atoms with Crippen LogP contribution in [-0.2, 0) is 5.75 Å². The molecule has 0 amide bonds. The standard InChI is InChI=1S/C19H15F2N5O2S/c1-27-16-5-3-2-4-13(16)17-24-25-19(26(17)22)29-10-12-9-28-18(23-12)11-6-7-14(20)15(21)8-11/h2-9H,10,22H2,1H3. The molecular weight excluding hydrogens is 400 g/mol. The van der Waals surface area contributed by atoms with Crippen molar-refractivity contribution in [3.05, 3.63) is 66.1 Å². The monoisotopic (exact) mass is 415 g/mol. The molecule has 4 rings (SSSR count). The molecule has 0 spiro atoms. The normalized spacial score (nSPS) is 11.0. The smallest absolute Gasteiger partial charge is 0.226 e. The lowest BCUT2D eigenvalue weighted by Crippen LogP contribution is -2.12. The van der Waals surface area contributed by atoms with E-state index in [4.69, 9.17) is 15.0 Å². The van der Waals surface area contributed by atoms with Crippen molar-refractivity contribution < 1.29 is 17.9 Å². The first-order valence-corrected chi connectivity index (χ1v) is 9.42. The second-order valence-corrected chi connectivity index (χ2v) is 6.88. The summed E-state index contributed by atoms with van der Waals surface area (Å²) in [5.74, 6) is 5.95. The highest BCUT2D eigenvalue weighted by Crippen LogP contribution is 2.30. The second kappa shape index (κ2) is 7.92. The Hall–Kier alpha value is -3.40. The van der Waals surface area contributed by atoms with Crippen LogP contribution in [0.4, 0.5) is 8.78 Å². The number of aromatic nitrogens is 4. The fourth-order valence-corrected chi connectivity index (χ4v) is 3.40. The van der Waals surface area contributed by atoms with Gasteiger partial charge in [-0.2, -0.15) is 0 Å². The number of nitrogen functional groups attached to an aromatic ring is 1. The van der Waals surface area contributed by atoms with Gasteiger partial charge in [-0.3, -0.25) is 0 Å². The highest BCUT2D eigenvalue weighted by molar-refractivity contribution is 7.98. The molecule has 0 aliphatic rings. The first-order valence-electron chi connectivity index (χ1n) is 8.43. The number of hydrogen-bond acceptors (Lipinski definition) is 7. The highest BCUT2D eigenvalue weighted by atomic mass is 32.2. The lowest BCUT2D eigenvalue weighted by molar-refractivity contribution is 0.416. The largest absolute Gasteiger partial charge is 0.496 e. The summed E-state index contributed by atoms with van der Waals surface area (Å²) in [6, 6.07) is 10.8. The molecule has 10 heteroatoms. The van der Waals surface area contributed by atoms with E-state index >= 15 is 0 Å². The molecule has 29 heavy (non-hydrogen) atoms. The topological polar surface area (TPSA) is 92.0 Å². The van der Waals surface area contributed by atoms with Crippen LogP contribution >= 0.6 is 11.8 Å².